The second-order valence-corrected chi connectivity index (χ2v) is 5.90. The van der Waals surface area contributed by atoms with Crippen molar-refractivity contribution in [1.82, 2.24) is 20.2 Å². The van der Waals surface area contributed by atoms with Crippen molar-refractivity contribution >= 4 is 44.8 Å². The third-order valence-corrected chi connectivity index (χ3v) is 4.40. The van der Waals surface area contributed by atoms with Gasteiger partial charge in [0.1, 0.15) is 0 Å². The van der Waals surface area contributed by atoms with Crippen molar-refractivity contribution in [2.75, 3.05) is 5.73 Å². The van der Waals surface area contributed by atoms with Crippen LogP contribution in [-0.4, -0.2) is 20.2 Å². The smallest absolute Gasteiger partial charge is 0.187 e. The number of aromatic nitrogens is 4. The zero-order chi connectivity index (χ0) is 15.0. The molecule has 1 aromatic heterocycles. The number of nitrogens with zero attached hydrogens (tertiary/aromatic N) is 4. The van der Waals surface area contributed by atoms with E-state index in [0.29, 0.717) is 26.0 Å². The number of hydrogen-bond acceptors (Lipinski definition) is 4. The van der Waals surface area contributed by atoms with Crippen molar-refractivity contribution < 1.29 is 0 Å². The number of benzene rings is 2. The van der Waals surface area contributed by atoms with Crippen LogP contribution in [-0.2, 0) is 0 Å². The standard InChI is InChI=1S/C13H8BrCl2N5/c14-12-10(16)2-1-3-11(12)21-13(18-19-20-21)7-4-8(15)6-9(17)5-7/h1-6H,17H2. The van der Waals surface area contributed by atoms with E-state index in [9.17, 15) is 0 Å². The maximum Gasteiger partial charge on any atom is 0.187 e. The van der Waals surface area contributed by atoms with Crippen LogP contribution < -0.4 is 5.73 Å². The van der Waals surface area contributed by atoms with E-state index >= 15 is 0 Å². The van der Waals surface area contributed by atoms with Gasteiger partial charge in [0.05, 0.1) is 15.2 Å². The van der Waals surface area contributed by atoms with Gasteiger partial charge in [-0.3, -0.25) is 0 Å². The topological polar surface area (TPSA) is 69.6 Å². The van der Waals surface area contributed by atoms with Crippen LogP contribution >= 0.6 is 39.1 Å². The number of tetrazole rings is 1. The summed E-state index contributed by atoms with van der Waals surface area (Å²) in [6.45, 7) is 0. The highest BCUT2D eigenvalue weighted by atomic mass is 79.9. The van der Waals surface area contributed by atoms with Crippen molar-refractivity contribution in [3.8, 4) is 17.1 Å². The second kappa shape index (κ2) is 5.63. The highest BCUT2D eigenvalue weighted by Crippen LogP contribution is 2.31. The third-order valence-electron chi connectivity index (χ3n) is 2.81. The molecule has 0 radical (unpaired) electrons. The molecule has 0 fully saturated rings. The normalized spacial score (nSPS) is 10.8. The first-order valence-corrected chi connectivity index (χ1v) is 7.40. The molecule has 0 spiro atoms. The summed E-state index contributed by atoms with van der Waals surface area (Å²) >= 11 is 15.6. The first kappa shape index (κ1) is 14.3. The van der Waals surface area contributed by atoms with Gasteiger partial charge in [-0.2, -0.15) is 4.68 Å². The fourth-order valence-corrected chi connectivity index (χ4v) is 2.77. The van der Waals surface area contributed by atoms with Crippen LogP contribution in [0.5, 0.6) is 0 Å². The van der Waals surface area contributed by atoms with Crippen LogP contribution in [0.3, 0.4) is 0 Å². The Bertz CT molecular complexity index is 798. The largest absolute Gasteiger partial charge is 0.399 e. The van der Waals surface area contributed by atoms with Gasteiger partial charge in [0.15, 0.2) is 5.82 Å². The SMILES string of the molecule is Nc1cc(Cl)cc(-c2nnnn2-c2cccc(Cl)c2Br)c1. The van der Waals surface area contributed by atoms with Gasteiger partial charge in [-0.15, -0.1) is 5.10 Å². The fraction of sp³-hybridized carbons (Fsp3) is 0. The molecule has 0 bridgehead atoms. The summed E-state index contributed by atoms with van der Waals surface area (Å²) in [5.74, 6) is 0.521. The van der Waals surface area contributed by atoms with E-state index < -0.39 is 0 Å². The van der Waals surface area contributed by atoms with E-state index in [0.717, 1.165) is 11.3 Å². The van der Waals surface area contributed by atoms with E-state index in [4.69, 9.17) is 28.9 Å². The van der Waals surface area contributed by atoms with E-state index in [-0.39, 0.29) is 0 Å². The van der Waals surface area contributed by atoms with Gasteiger partial charge >= 0.3 is 0 Å². The predicted octanol–water partition coefficient (Wildman–Crippen LogP) is 3.98. The number of rotatable bonds is 2. The molecule has 3 rings (SSSR count). The highest BCUT2D eigenvalue weighted by molar-refractivity contribution is 9.10. The first-order valence-electron chi connectivity index (χ1n) is 5.85. The van der Waals surface area contributed by atoms with Gasteiger partial charge in [-0.1, -0.05) is 29.3 Å². The maximum atomic E-state index is 6.11. The second-order valence-electron chi connectivity index (χ2n) is 4.26. The lowest BCUT2D eigenvalue weighted by Crippen LogP contribution is -2.01. The minimum atomic E-state index is 0.518. The molecule has 0 saturated carbocycles. The molecule has 0 amide bonds. The summed E-state index contributed by atoms with van der Waals surface area (Å²) in [4.78, 5) is 0. The maximum absolute atomic E-state index is 6.11. The molecule has 2 aromatic carbocycles. The van der Waals surface area contributed by atoms with E-state index in [2.05, 4.69) is 31.5 Å². The Morgan fingerprint density at radius 1 is 1.14 bits per heavy atom. The third kappa shape index (κ3) is 2.74. The zero-order valence-corrected chi connectivity index (χ0v) is 13.6. The molecular weight excluding hydrogens is 377 g/mol. The summed E-state index contributed by atoms with van der Waals surface area (Å²) in [6.07, 6.45) is 0. The molecule has 1 heterocycles. The Morgan fingerprint density at radius 2 is 1.95 bits per heavy atom. The highest BCUT2D eigenvalue weighted by Gasteiger charge is 2.15. The van der Waals surface area contributed by atoms with Gasteiger partial charge < -0.3 is 5.73 Å². The number of hydrogen-bond donors (Lipinski definition) is 1. The summed E-state index contributed by atoms with van der Waals surface area (Å²) in [5, 5.41) is 12.9. The summed E-state index contributed by atoms with van der Waals surface area (Å²) in [7, 11) is 0. The lowest BCUT2D eigenvalue weighted by atomic mass is 10.2. The van der Waals surface area contributed by atoms with E-state index in [1.807, 2.05) is 12.1 Å². The average molecular weight is 385 g/mol. The summed E-state index contributed by atoms with van der Waals surface area (Å²) in [5.41, 5.74) is 7.80. The Kier molecular flexibility index (Phi) is 3.84. The molecular formula is C13H8BrCl2N5. The average Bonchev–Trinajstić information content (AvgIpc) is 2.90. The molecule has 21 heavy (non-hydrogen) atoms. The van der Waals surface area contributed by atoms with Crippen LogP contribution in [0.1, 0.15) is 0 Å². The number of nitrogens with two attached hydrogens (primary N) is 1. The monoisotopic (exact) mass is 383 g/mol. The molecule has 2 N–H and O–H groups in total. The van der Waals surface area contributed by atoms with Crippen molar-refractivity contribution in [3.63, 3.8) is 0 Å². The van der Waals surface area contributed by atoms with Gasteiger partial charge in [-0.25, -0.2) is 0 Å². The summed E-state index contributed by atoms with van der Waals surface area (Å²) in [6, 6.07) is 10.6. The van der Waals surface area contributed by atoms with Gasteiger partial charge in [0, 0.05) is 16.3 Å². The lowest BCUT2D eigenvalue weighted by Gasteiger charge is -2.08. The van der Waals surface area contributed by atoms with Crippen LogP contribution in [0, 0.1) is 0 Å². The number of halogens is 3. The molecule has 3 aromatic rings. The quantitative estimate of drug-likeness (QED) is 0.678. The minimum absolute atomic E-state index is 0.518. The van der Waals surface area contributed by atoms with Crippen LogP contribution in [0.2, 0.25) is 10.0 Å². The van der Waals surface area contributed by atoms with Gasteiger partial charge in [0.2, 0.25) is 0 Å². The molecule has 0 aliphatic rings. The Balaban J connectivity index is 2.19. The number of nitrogen functional groups attached to an aromatic ring is 1. The molecule has 0 aliphatic heterocycles. The zero-order valence-electron chi connectivity index (χ0n) is 10.5. The molecule has 0 aliphatic carbocycles. The lowest BCUT2D eigenvalue weighted by molar-refractivity contribution is 0.789. The molecule has 106 valence electrons. The Hall–Kier alpha value is -1.63. The van der Waals surface area contributed by atoms with Crippen molar-refractivity contribution in [2.45, 2.75) is 0 Å². The molecule has 0 unspecified atom stereocenters. The Morgan fingerprint density at radius 3 is 2.71 bits per heavy atom. The fourth-order valence-electron chi connectivity index (χ4n) is 1.93. The first-order chi connectivity index (χ1) is 10.1. The molecule has 8 heteroatoms. The Labute approximate surface area is 138 Å². The number of anilines is 1. The van der Waals surface area contributed by atoms with Gasteiger partial charge in [-0.05, 0) is 56.7 Å². The van der Waals surface area contributed by atoms with Crippen LogP contribution in [0.15, 0.2) is 40.9 Å². The van der Waals surface area contributed by atoms with Crippen molar-refractivity contribution in [3.05, 3.63) is 50.9 Å². The van der Waals surface area contributed by atoms with Crippen molar-refractivity contribution in [1.29, 1.82) is 0 Å². The molecule has 0 saturated heterocycles. The van der Waals surface area contributed by atoms with Gasteiger partial charge in [0.25, 0.3) is 0 Å². The molecule has 5 nitrogen and oxygen atoms in total. The van der Waals surface area contributed by atoms with Crippen molar-refractivity contribution in [2.24, 2.45) is 0 Å². The van der Waals surface area contributed by atoms with Crippen LogP contribution in [0.25, 0.3) is 17.1 Å². The van der Waals surface area contributed by atoms with E-state index in [1.165, 1.54) is 0 Å². The predicted molar refractivity (Wildman–Crippen MR) is 86.7 cm³/mol. The summed E-state index contributed by atoms with van der Waals surface area (Å²) < 4.78 is 2.27. The van der Waals surface area contributed by atoms with E-state index in [1.54, 1.807) is 28.9 Å². The molecule has 0 atom stereocenters. The van der Waals surface area contributed by atoms with Crippen LogP contribution in [0.4, 0.5) is 5.69 Å². The minimum Gasteiger partial charge on any atom is -0.399 e.